The second-order valence-electron chi connectivity index (χ2n) is 4.49. The molecule has 106 valence electrons. The number of hydrogen-bond acceptors (Lipinski definition) is 7. The third-order valence-electron chi connectivity index (χ3n) is 3.24. The van der Waals surface area contributed by atoms with Crippen molar-refractivity contribution in [3.63, 3.8) is 0 Å². The Hall–Kier alpha value is -2.28. The first-order chi connectivity index (χ1) is 9.69. The van der Waals surface area contributed by atoms with E-state index in [1.807, 2.05) is 4.90 Å². The molecule has 20 heavy (non-hydrogen) atoms. The number of nitrogen functional groups attached to an aromatic ring is 1. The summed E-state index contributed by atoms with van der Waals surface area (Å²) in [6, 6.07) is 3.70. The van der Waals surface area contributed by atoms with E-state index in [0.29, 0.717) is 41.6 Å². The minimum absolute atomic E-state index is 0.293. The van der Waals surface area contributed by atoms with Gasteiger partial charge in [0, 0.05) is 24.8 Å². The number of methoxy groups -OCH3 is 1. The number of rotatable bonds is 2. The molecule has 0 amide bonds. The van der Waals surface area contributed by atoms with Gasteiger partial charge in [-0.3, -0.25) is 0 Å². The smallest absolute Gasteiger partial charge is 0.340 e. The molecule has 0 radical (unpaired) electrons. The number of anilines is 2. The molecular weight excluding hydrogens is 262 g/mol. The molecule has 1 aliphatic heterocycles. The minimum atomic E-state index is -0.486. The molecule has 1 aliphatic rings. The number of hydrogen-bond donors (Lipinski definition) is 1. The van der Waals surface area contributed by atoms with Gasteiger partial charge in [0.25, 0.3) is 6.01 Å². The molecule has 1 aromatic heterocycles. The van der Waals surface area contributed by atoms with E-state index in [4.69, 9.17) is 14.9 Å². The Labute approximate surface area is 115 Å². The molecule has 0 spiro atoms. The van der Waals surface area contributed by atoms with Gasteiger partial charge in [-0.1, -0.05) is 0 Å². The molecule has 3 rings (SSSR count). The third kappa shape index (κ3) is 2.16. The van der Waals surface area contributed by atoms with Gasteiger partial charge in [-0.25, -0.2) is 4.79 Å². The molecule has 1 aromatic carbocycles. The normalized spacial score (nSPS) is 15.6. The largest absolute Gasteiger partial charge is 0.465 e. The van der Waals surface area contributed by atoms with E-state index in [0.717, 1.165) is 13.1 Å². The molecule has 0 unspecified atom stereocenters. The minimum Gasteiger partial charge on any atom is -0.465 e. The van der Waals surface area contributed by atoms with Crippen molar-refractivity contribution in [3.05, 3.63) is 17.7 Å². The van der Waals surface area contributed by atoms with Gasteiger partial charge in [-0.05, 0) is 6.07 Å². The molecule has 0 aliphatic carbocycles. The Balaban J connectivity index is 2.00. The highest BCUT2D eigenvalue weighted by Gasteiger charge is 2.19. The van der Waals surface area contributed by atoms with Crippen LogP contribution in [0.5, 0.6) is 0 Å². The molecule has 1 fully saturated rings. The highest BCUT2D eigenvalue weighted by molar-refractivity contribution is 5.99. The average Bonchev–Trinajstić information content (AvgIpc) is 2.89. The quantitative estimate of drug-likeness (QED) is 0.647. The second-order valence-corrected chi connectivity index (χ2v) is 4.49. The summed E-state index contributed by atoms with van der Waals surface area (Å²) in [7, 11) is 1.31. The standard InChI is InChI=1S/C13H15N3O4/c1-18-12(17)8-6-10-11(7-9(8)14)20-13(15-10)16-2-4-19-5-3-16/h6-7H,2-5,14H2,1H3. The monoisotopic (exact) mass is 277 g/mol. The molecular formula is C13H15N3O4. The van der Waals surface area contributed by atoms with E-state index < -0.39 is 5.97 Å². The van der Waals surface area contributed by atoms with Gasteiger partial charge in [0.1, 0.15) is 5.52 Å². The van der Waals surface area contributed by atoms with Crippen molar-refractivity contribution in [2.75, 3.05) is 44.0 Å². The summed E-state index contributed by atoms with van der Waals surface area (Å²) >= 11 is 0. The lowest BCUT2D eigenvalue weighted by atomic mass is 10.1. The molecule has 2 N–H and O–H groups in total. The van der Waals surface area contributed by atoms with Gasteiger partial charge in [0.15, 0.2) is 5.58 Å². The zero-order valence-corrected chi connectivity index (χ0v) is 11.1. The number of ether oxygens (including phenoxy) is 2. The number of esters is 1. The molecule has 7 heteroatoms. The van der Waals surface area contributed by atoms with Gasteiger partial charge in [-0.2, -0.15) is 4.98 Å². The first-order valence-corrected chi connectivity index (χ1v) is 6.30. The lowest BCUT2D eigenvalue weighted by Gasteiger charge is -2.24. The van der Waals surface area contributed by atoms with Gasteiger partial charge >= 0.3 is 5.97 Å². The molecule has 0 saturated carbocycles. The van der Waals surface area contributed by atoms with Crippen LogP contribution in [0.25, 0.3) is 11.1 Å². The Bertz CT molecular complexity index is 646. The molecule has 0 atom stereocenters. The number of benzene rings is 1. The topological polar surface area (TPSA) is 90.8 Å². The molecule has 2 heterocycles. The lowest BCUT2D eigenvalue weighted by molar-refractivity contribution is 0.0602. The van der Waals surface area contributed by atoms with E-state index >= 15 is 0 Å². The van der Waals surface area contributed by atoms with Gasteiger partial charge < -0.3 is 24.5 Å². The number of nitrogens with zero attached hydrogens (tertiary/aromatic N) is 2. The predicted molar refractivity (Wildman–Crippen MR) is 72.8 cm³/mol. The van der Waals surface area contributed by atoms with Crippen LogP contribution in [0.15, 0.2) is 16.5 Å². The molecule has 7 nitrogen and oxygen atoms in total. The molecule has 2 aromatic rings. The van der Waals surface area contributed by atoms with E-state index in [-0.39, 0.29) is 0 Å². The van der Waals surface area contributed by atoms with Gasteiger partial charge in [0.05, 0.1) is 25.9 Å². The van der Waals surface area contributed by atoms with E-state index in [1.54, 1.807) is 12.1 Å². The maximum absolute atomic E-state index is 11.6. The third-order valence-corrected chi connectivity index (χ3v) is 3.24. The maximum Gasteiger partial charge on any atom is 0.340 e. The zero-order chi connectivity index (χ0) is 14.1. The van der Waals surface area contributed by atoms with Crippen LogP contribution in [0.3, 0.4) is 0 Å². The highest BCUT2D eigenvalue weighted by Crippen LogP contribution is 2.27. The van der Waals surface area contributed by atoms with E-state index in [1.165, 1.54) is 7.11 Å². The fourth-order valence-corrected chi connectivity index (χ4v) is 2.15. The van der Waals surface area contributed by atoms with Crippen LogP contribution >= 0.6 is 0 Å². The van der Waals surface area contributed by atoms with E-state index in [2.05, 4.69) is 9.72 Å². The molecule has 0 bridgehead atoms. The number of nitrogens with two attached hydrogens (primary N) is 1. The van der Waals surface area contributed by atoms with Crippen LogP contribution in [0.2, 0.25) is 0 Å². The van der Waals surface area contributed by atoms with Crippen LogP contribution in [-0.2, 0) is 9.47 Å². The van der Waals surface area contributed by atoms with Gasteiger partial charge in [0.2, 0.25) is 0 Å². The number of carbonyl (C=O) groups excluding carboxylic acids is 1. The van der Waals surface area contributed by atoms with Crippen molar-refractivity contribution in [1.82, 2.24) is 4.98 Å². The Kier molecular flexibility index (Phi) is 3.19. The van der Waals surface area contributed by atoms with Gasteiger partial charge in [-0.15, -0.1) is 0 Å². The number of morpholine rings is 1. The SMILES string of the molecule is COC(=O)c1cc2nc(N3CCOCC3)oc2cc1N. The van der Waals surface area contributed by atoms with Crippen molar-refractivity contribution in [3.8, 4) is 0 Å². The Morgan fingerprint density at radius 1 is 1.40 bits per heavy atom. The van der Waals surface area contributed by atoms with Crippen LogP contribution in [0, 0.1) is 0 Å². The Morgan fingerprint density at radius 3 is 2.85 bits per heavy atom. The van der Waals surface area contributed by atoms with Crippen molar-refractivity contribution >= 4 is 28.8 Å². The van der Waals surface area contributed by atoms with Crippen LogP contribution in [0.1, 0.15) is 10.4 Å². The average molecular weight is 277 g/mol. The predicted octanol–water partition coefficient (Wildman–Crippen LogP) is 1.03. The van der Waals surface area contributed by atoms with Crippen LogP contribution in [0.4, 0.5) is 11.7 Å². The molecule has 1 saturated heterocycles. The summed E-state index contributed by atoms with van der Waals surface area (Å²) in [6.07, 6.45) is 0. The number of carbonyl (C=O) groups is 1. The van der Waals surface area contributed by atoms with E-state index in [9.17, 15) is 4.79 Å². The maximum atomic E-state index is 11.6. The van der Waals surface area contributed by atoms with Crippen molar-refractivity contribution in [2.45, 2.75) is 0 Å². The zero-order valence-electron chi connectivity index (χ0n) is 11.1. The van der Waals surface area contributed by atoms with Crippen molar-refractivity contribution in [1.29, 1.82) is 0 Å². The summed E-state index contributed by atoms with van der Waals surface area (Å²) in [5, 5.41) is 0. The summed E-state index contributed by atoms with van der Waals surface area (Å²) in [4.78, 5) is 18.0. The summed E-state index contributed by atoms with van der Waals surface area (Å²) in [5.74, 6) is -0.486. The van der Waals surface area contributed by atoms with Crippen LogP contribution < -0.4 is 10.6 Å². The summed E-state index contributed by atoms with van der Waals surface area (Å²) in [6.45, 7) is 2.75. The number of oxazole rings is 1. The first kappa shape index (κ1) is 12.7. The summed E-state index contributed by atoms with van der Waals surface area (Å²) in [5.41, 5.74) is 7.57. The lowest BCUT2D eigenvalue weighted by Crippen LogP contribution is -2.36. The fourth-order valence-electron chi connectivity index (χ4n) is 2.15. The second kappa shape index (κ2) is 5.01. The van der Waals surface area contributed by atoms with Crippen LogP contribution in [-0.4, -0.2) is 44.4 Å². The van der Waals surface area contributed by atoms with Crippen molar-refractivity contribution < 1.29 is 18.7 Å². The summed E-state index contributed by atoms with van der Waals surface area (Å²) < 4.78 is 15.7. The Morgan fingerprint density at radius 2 is 2.15 bits per heavy atom. The van der Waals surface area contributed by atoms with Crippen molar-refractivity contribution in [2.24, 2.45) is 0 Å². The first-order valence-electron chi connectivity index (χ1n) is 6.30. The number of aromatic nitrogens is 1. The number of fused-ring (bicyclic) bond motifs is 1. The fraction of sp³-hybridized carbons (Fsp3) is 0.385. The highest BCUT2D eigenvalue weighted by atomic mass is 16.5.